The first-order chi connectivity index (χ1) is 11.0. The van der Waals surface area contributed by atoms with Crippen molar-refractivity contribution in [2.75, 3.05) is 18.0 Å². The van der Waals surface area contributed by atoms with Gasteiger partial charge in [-0.1, -0.05) is 0 Å². The summed E-state index contributed by atoms with van der Waals surface area (Å²) in [5.41, 5.74) is 5.73. The molecule has 6 nitrogen and oxygen atoms in total. The van der Waals surface area contributed by atoms with E-state index >= 15 is 0 Å². The third-order valence-corrected chi connectivity index (χ3v) is 4.50. The van der Waals surface area contributed by atoms with Crippen molar-refractivity contribution in [1.29, 1.82) is 0 Å². The molecule has 2 unspecified atom stereocenters. The first-order valence-electron chi connectivity index (χ1n) is 7.63. The zero-order valence-corrected chi connectivity index (χ0v) is 12.6. The molecule has 2 saturated heterocycles. The van der Waals surface area contributed by atoms with Crippen molar-refractivity contribution in [3.05, 3.63) is 30.1 Å². The van der Waals surface area contributed by atoms with E-state index in [1.165, 1.54) is 24.3 Å². The number of piperidine rings is 1. The summed E-state index contributed by atoms with van der Waals surface area (Å²) in [4.78, 5) is 39.2. The molecule has 122 valence electrons. The van der Waals surface area contributed by atoms with Gasteiger partial charge in [0.1, 0.15) is 5.82 Å². The fourth-order valence-corrected chi connectivity index (χ4v) is 3.28. The fraction of sp³-hybridized carbons (Fsp3) is 0.438. The molecule has 23 heavy (non-hydrogen) atoms. The van der Waals surface area contributed by atoms with Gasteiger partial charge in [-0.05, 0) is 43.7 Å². The predicted molar refractivity (Wildman–Crippen MR) is 80.8 cm³/mol. The molecule has 3 amide bonds. The van der Waals surface area contributed by atoms with Crippen molar-refractivity contribution in [3.63, 3.8) is 0 Å². The number of hydrogen-bond donors (Lipinski definition) is 1. The molecule has 2 heterocycles. The van der Waals surface area contributed by atoms with E-state index in [0.717, 1.165) is 11.3 Å². The number of anilines is 1. The summed E-state index contributed by atoms with van der Waals surface area (Å²) in [5, 5.41) is 0. The highest BCUT2D eigenvalue weighted by Crippen LogP contribution is 2.28. The molecule has 0 saturated carbocycles. The van der Waals surface area contributed by atoms with Crippen LogP contribution in [0.25, 0.3) is 0 Å². The van der Waals surface area contributed by atoms with Gasteiger partial charge in [0.15, 0.2) is 0 Å². The second kappa shape index (κ2) is 6.08. The zero-order valence-electron chi connectivity index (χ0n) is 12.6. The maximum Gasteiger partial charge on any atom is 0.251 e. The molecule has 2 aliphatic rings. The van der Waals surface area contributed by atoms with Crippen molar-refractivity contribution in [1.82, 2.24) is 4.90 Å². The maximum atomic E-state index is 13.0. The van der Waals surface area contributed by atoms with E-state index in [4.69, 9.17) is 5.73 Å². The van der Waals surface area contributed by atoms with Crippen molar-refractivity contribution in [2.24, 2.45) is 11.7 Å². The second-order valence-corrected chi connectivity index (χ2v) is 6.00. The van der Waals surface area contributed by atoms with Crippen molar-refractivity contribution in [2.45, 2.75) is 25.3 Å². The van der Waals surface area contributed by atoms with Crippen LogP contribution >= 0.6 is 0 Å². The summed E-state index contributed by atoms with van der Waals surface area (Å²) in [6, 6.07) is 4.68. The molecule has 0 radical (unpaired) electrons. The second-order valence-electron chi connectivity index (χ2n) is 6.00. The Hall–Kier alpha value is -2.28. The normalized spacial score (nSPS) is 25.9. The van der Waals surface area contributed by atoms with Crippen LogP contribution in [0.1, 0.15) is 19.3 Å². The van der Waals surface area contributed by atoms with E-state index in [9.17, 15) is 18.8 Å². The van der Waals surface area contributed by atoms with Crippen molar-refractivity contribution < 1.29 is 18.8 Å². The van der Waals surface area contributed by atoms with E-state index < -0.39 is 11.9 Å². The number of halogens is 1. The van der Waals surface area contributed by atoms with Crippen molar-refractivity contribution in [3.8, 4) is 0 Å². The quantitative estimate of drug-likeness (QED) is 0.829. The fourth-order valence-electron chi connectivity index (χ4n) is 3.28. The molecule has 0 spiro atoms. The first-order valence-corrected chi connectivity index (χ1v) is 7.63. The summed E-state index contributed by atoms with van der Waals surface area (Å²) < 4.78 is 13.0. The van der Waals surface area contributed by atoms with Crippen LogP contribution < -0.4 is 10.6 Å². The van der Waals surface area contributed by atoms with Gasteiger partial charge in [-0.3, -0.25) is 19.3 Å². The molecule has 1 aromatic carbocycles. The molecule has 0 bridgehead atoms. The zero-order chi connectivity index (χ0) is 16.6. The van der Waals surface area contributed by atoms with Crippen LogP contribution in [0.3, 0.4) is 0 Å². The number of carbonyl (C=O) groups is 3. The number of nitrogens with zero attached hydrogens (tertiary/aromatic N) is 2. The highest BCUT2D eigenvalue weighted by atomic mass is 19.1. The van der Waals surface area contributed by atoms with Gasteiger partial charge in [0, 0.05) is 6.54 Å². The lowest BCUT2D eigenvalue weighted by Gasteiger charge is -2.34. The number of nitrogens with two attached hydrogens (primary N) is 1. The van der Waals surface area contributed by atoms with Gasteiger partial charge in [-0.15, -0.1) is 0 Å². The van der Waals surface area contributed by atoms with Crippen LogP contribution in [-0.2, 0) is 14.4 Å². The smallest absolute Gasteiger partial charge is 0.251 e. The monoisotopic (exact) mass is 319 g/mol. The molecule has 2 fully saturated rings. The van der Waals surface area contributed by atoms with Crippen LogP contribution in [0.15, 0.2) is 24.3 Å². The number of imide groups is 1. The largest absolute Gasteiger partial charge is 0.369 e. The molecular weight excluding hydrogens is 301 g/mol. The molecule has 0 aliphatic carbocycles. The minimum atomic E-state index is -0.574. The Kier molecular flexibility index (Phi) is 4.12. The molecule has 3 rings (SSSR count). The van der Waals surface area contributed by atoms with Gasteiger partial charge >= 0.3 is 0 Å². The number of amides is 3. The Bertz CT molecular complexity index is 646. The van der Waals surface area contributed by atoms with Crippen LogP contribution in [0.2, 0.25) is 0 Å². The lowest BCUT2D eigenvalue weighted by molar-refractivity contribution is -0.127. The van der Waals surface area contributed by atoms with Crippen LogP contribution in [0.5, 0.6) is 0 Å². The first kappa shape index (κ1) is 15.6. The minimum absolute atomic E-state index is 0.0711. The molecule has 0 aromatic heterocycles. The van der Waals surface area contributed by atoms with Crippen LogP contribution in [0, 0.1) is 11.7 Å². The Balaban J connectivity index is 1.78. The number of primary amides is 1. The SMILES string of the molecule is NC(=O)C1CCCN(C2CC(=O)N(c3ccc(F)cc3)C2=O)C1. The van der Waals surface area contributed by atoms with Crippen LogP contribution in [0.4, 0.5) is 10.1 Å². The maximum absolute atomic E-state index is 13.0. The third kappa shape index (κ3) is 2.96. The Morgan fingerprint density at radius 3 is 2.57 bits per heavy atom. The number of rotatable bonds is 3. The lowest BCUT2D eigenvalue weighted by atomic mass is 9.96. The Labute approximate surface area is 133 Å². The highest BCUT2D eigenvalue weighted by molar-refractivity contribution is 6.22. The molecule has 2 aliphatic heterocycles. The van der Waals surface area contributed by atoms with Gasteiger partial charge in [-0.25, -0.2) is 9.29 Å². The van der Waals surface area contributed by atoms with Gasteiger partial charge in [0.2, 0.25) is 11.8 Å². The number of likely N-dealkylation sites (tertiary alicyclic amines) is 1. The Morgan fingerprint density at radius 1 is 1.22 bits per heavy atom. The summed E-state index contributed by atoms with van der Waals surface area (Å²) in [5.74, 6) is -1.72. The minimum Gasteiger partial charge on any atom is -0.369 e. The number of benzene rings is 1. The summed E-state index contributed by atoms with van der Waals surface area (Å²) in [6.07, 6.45) is 1.55. The van der Waals surface area contributed by atoms with Crippen LogP contribution in [-0.4, -0.2) is 41.8 Å². The number of hydrogen-bond acceptors (Lipinski definition) is 4. The average molecular weight is 319 g/mol. The summed E-state index contributed by atoms with van der Waals surface area (Å²) >= 11 is 0. The van der Waals surface area contributed by atoms with Crippen molar-refractivity contribution >= 4 is 23.4 Å². The molecular formula is C16H18FN3O3. The van der Waals surface area contributed by atoms with Gasteiger partial charge < -0.3 is 5.73 Å². The molecule has 1 aromatic rings. The van der Waals surface area contributed by atoms with Gasteiger partial charge in [-0.2, -0.15) is 0 Å². The molecule has 2 atom stereocenters. The lowest BCUT2D eigenvalue weighted by Crippen LogP contribution is -2.49. The number of carbonyl (C=O) groups excluding carboxylic acids is 3. The third-order valence-electron chi connectivity index (χ3n) is 4.50. The van der Waals surface area contributed by atoms with Gasteiger partial charge in [0.25, 0.3) is 5.91 Å². The van der Waals surface area contributed by atoms with E-state index in [1.54, 1.807) is 0 Å². The van der Waals surface area contributed by atoms with E-state index in [2.05, 4.69) is 0 Å². The standard InChI is InChI=1S/C16H18FN3O3/c17-11-3-5-12(6-4-11)20-14(21)8-13(16(20)23)19-7-1-2-10(9-19)15(18)22/h3-6,10,13H,1-2,7-9H2,(H2,18,22). The molecule has 7 heteroatoms. The summed E-state index contributed by atoms with van der Waals surface area (Å²) in [6.45, 7) is 1.06. The predicted octanol–water partition coefficient (Wildman–Crippen LogP) is 0.655. The highest BCUT2D eigenvalue weighted by Gasteiger charge is 2.44. The average Bonchev–Trinajstić information content (AvgIpc) is 2.83. The van der Waals surface area contributed by atoms with E-state index in [1.807, 2.05) is 4.90 Å². The summed E-state index contributed by atoms with van der Waals surface area (Å²) in [7, 11) is 0. The van der Waals surface area contributed by atoms with E-state index in [-0.39, 0.29) is 30.1 Å². The molecule has 2 N–H and O–H groups in total. The van der Waals surface area contributed by atoms with E-state index in [0.29, 0.717) is 25.2 Å². The van der Waals surface area contributed by atoms with Gasteiger partial charge in [0.05, 0.1) is 24.1 Å². The topological polar surface area (TPSA) is 83.7 Å². The Morgan fingerprint density at radius 2 is 1.91 bits per heavy atom.